The van der Waals surface area contributed by atoms with Crippen molar-refractivity contribution in [3.05, 3.63) is 57.1 Å². The van der Waals surface area contributed by atoms with E-state index in [1.807, 2.05) is 12.1 Å². The average molecular weight is 458 g/mol. The minimum Gasteiger partial charge on any atom is -0.352 e. The zero-order valence-electron chi connectivity index (χ0n) is 16.2. The Morgan fingerprint density at radius 2 is 1.94 bits per heavy atom. The summed E-state index contributed by atoms with van der Waals surface area (Å²) < 4.78 is 0. The van der Waals surface area contributed by atoms with Gasteiger partial charge < -0.3 is 15.2 Å². The molecule has 1 aromatic heterocycles. The molecule has 1 atom stereocenters. The Labute approximate surface area is 186 Å². The van der Waals surface area contributed by atoms with E-state index in [4.69, 9.17) is 23.2 Å². The number of rotatable bonds is 4. The lowest BCUT2D eigenvalue weighted by molar-refractivity contribution is -0.136. The SMILES string of the molecule is O=C1CCC(N2Cc3cc(CNc4nc5cc(Cl)c(Cl)cc5[nH]4)ccc3C2=O)C(=O)N1. The first kappa shape index (κ1) is 19.8. The van der Waals surface area contributed by atoms with Gasteiger partial charge in [-0.15, -0.1) is 0 Å². The molecule has 3 N–H and O–H groups in total. The summed E-state index contributed by atoms with van der Waals surface area (Å²) in [5.41, 5.74) is 3.89. The summed E-state index contributed by atoms with van der Waals surface area (Å²) in [6, 6.07) is 8.40. The van der Waals surface area contributed by atoms with Gasteiger partial charge in [-0.05, 0) is 35.7 Å². The Balaban J connectivity index is 1.30. The lowest BCUT2D eigenvalue weighted by atomic mass is 10.0. The third kappa shape index (κ3) is 3.62. The van der Waals surface area contributed by atoms with Crippen LogP contribution in [0, 0.1) is 0 Å². The van der Waals surface area contributed by atoms with Gasteiger partial charge in [0.2, 0.25) is 17.8 Å². The van der Waals surface area contributed by atoms with Gasteiger partial charge in [-0.25, -0.2) is 4.98 Å². The highest BCUT2D eigenvalue weighted by molar-refractivity contribution is 6.42. The lowest BCUT2D eigenvalue weighted by Gasteiger charge is -2.29. The van der Waals surface area contributed by atoms with Crippen LogP contribution in [0.4, 0.5) is 5.95 Å². The van der Waals surface area contributed by atoms with E-state index in [9.17, 15) is 14.4 Å². The molecule has 5 rings (SSSR count). The predicted molar refractivity (Wildman–Crippen MR) is 116 cm³/mol. The standard InChI is InChI=1S/C21H17Cl2N5O3/c22-13-6-15-16(7-14(13)23)26-21(25-15)24-8-10-1-2-12-11(5-10)9-28(20(12)31)17-3-4-18(29)27-19(17)30/h1-2,5-7,17H,3-4,8-9H2,(H2,24,25,26)(H,27,29,30). The molecule has 3 amide bonds. The lowest BCUT2D eigenvalue weighted by Crippen LogP contribution is -2.52. The van der Waals surface area contributed by atoms with Crippen molar-refractivity contribution in [1.29, 1.82) is 0 Å². The van der Waals surface area contributed by atoms with E-state index in [0.717, 1.165) is 16.6 Å². The number of anilines is 1. The average Bonchev–Trinajstić information content (AvgIpc) is 3.27. The summed E-state index contributed by atoms with van der Waals surface area (Å²) in [4.78, 5) is 45.5. The Kier molecular flexibility index (Phi) is 4.83. The summed E-state index contributed by atoms with van der Waals surface area (Å²) in [5, 5.41) is 6.43. The number of aromatic nitrogens is 2. The third-order valence-corrected chi connectivity index (χ3v) is 6.29. The van der Waals surface area contributed by atoms with Crippen molar-refractivity contribution in [1.82, 2.24) is 20.2 Å². The van der Waals surface area contributed by atoms with Crippen LogP contribution in [0.1, 0.15) is 34.3 Å². The van der Waals surface area contributed by atoms with Gasteiger partial charge in [0.15, 0.2) is 0 Å². The zero-order valence-corrected chi connectivity index (χ0v) is 17.7. The molecular weight excluding hydrogens is 441 g/mol. The van der Waals surface area contributed by atoms with Crippen molar-refractivity contribution in [2.75, 3.05) is 5.32 Å². The summed E-state index contributed by atoms with van der Waals surface area (Å²) in [6.45, 7) is 0.830. The fourth-order valence-electron chi connectivity index (χ4n) is 4.01. The molecule has 0 aliphatic carbocycles. The Morgan fingerprint density at radius 1 is 1.13 bits per heavy atom. The number of piperidine rings is 1. The fourth-order valence-corrected chi connectivity index (χ4v) is 4.33. The van der Waals surface area contributed by atoms with Crippen LogP contribution >= 0.6 is 23.2 Å². The van der Waals surface area contributed by atoms with Crippen molar-refractivity contribution in [3.8, 4) is 0 Å². The highest BCUT2D eigenvalue weighted by Crippen LogP contribution is 2.29. The normalized spacial score (nSPS) is 18.5. The minimum atomic E-state index is -0.617. The molecule has 8 nitrogen and oxygen atoms in total. The van der Waals surface area contributed by atoms with E-state index >= 15 is 0 Å². The molecule has 10 heteroatoms. The number of carbonyl (C=O) groups excluding carboxylic acids is 3. The molecule has 2 aromatic carbocycles. The number of H-pyrrole nitrogens is 1. The van der Waals surface area contributed by atoms with Gasteiger partial charge in [-0.1, -0.05) is 35.3 Å². The summed E-state index contributed by atoms with van der Waals surface area (Å²) >= 11 is 12.1. The molecule has 0 saturated carbocycles. The smallest absolute Gasteiger partial charge is 0.255 e. The van der Waals surface area contributed by atoms with Crippen LogP contribution in [-0.2, 0) is 22.7 Å². The van der Waals surface area contributed by atoms with Crippen LogP contribution in [0.25, 0.3) is 11.0 Å². The molecule has 2 aliphatic heterocycles. The van der Waals surface area contributed by atoms with Gasteiger partial charge >= 0.3 is 0 Å². The largest absolute Gasteiger partial charge is 0.352 e. The van der Waals surface area contributed by atoms with Crippen molar-refractivity contribution in [2.24, 2.45) is 0 Å². The van der Waals surface area contributed by atoms with Gasteiger partial charge in [0.25, 0.3) is 5.91 Å². The molecule has 31 heavy (non-hydrogen) atoms. The molecule has 0 bridgehead atoms. The van der Waals surface area contributed by atoms with Crippen LogP contribution in [0.3, 0.4) is 0 Å². The van der Waals surface area contributed by atoms with E-state index in [2.05, 4.69) is 20.6 Å². The molecule has 2 aliphatic rings. The molecule has 0 spiro atoms. The number of nitrogens with one attached hydrogen (secondary N) is 3. The molecule has 158 valence electrons. The number of imidazole rings is 1. The number of hydrogen-bond acceptors (Lipinski definition) is 5. The molecular formula is C21H17Cl2N5O3. The second kappa shape index (κ2) is 7.55. The Morgan fingerprint density at radius 3 is 2.74 bits per heavy atom. The number of fused-ring (bicyclic) bond motifs is 2. The zero-order chi connectivity index (χ0) is 21.7. The second-order valence-corrected chi connectivity index (χ2v) is 8.43. The number of nitrogens with zero attached hydrogens (tertiary/aromatic N) is 2. The van der Waals surface area contributed by atoms with Gasteiger partial charge in [0, 0.05) is 25.1 Å². The van der Waals surface area contributed by atoms with E-state index in [1.165, 1.54) is 4.90 Å². The molecule has 0 radical (unpaired) electrons. The Bertz CT molecular complexity index is 1220. The number of benzene rings is 2. The van der Waals surface area contributed by atoms with E-state index in [-0.39, 0.29) is 18.2 Å². The topological polar surface area (TPSA) is 107 Å². The van der Waals surface area contributed by atoms with Gasteiger partial charge in [-0.3, -0.25) is 19.7 Å². The van der Waals surface area contributed by atoms with Gasteiger partial charge in [-0.2, -0.15) is 0 Å². The second-order valence-electron chi connectivity index (χ2n) is 7.61. The van der Waals surface area contributed by atoms with Crippen LogP contribution in [0.2, 0.25) is 10.0 Å². The first-order chi connectivity index (χ1) is 14.9. The van der Waals surface area contributed by atoms with Gasteiger partial charge in [0.05, 0.1) is 21.1 Å². The molecule has 1 saturated heterocycles. The third-order valence-electron chi connectivity index (χ3n) is 5.57. The molecule has 3 heterocycles. The Hall–Kier alpha value is -3.10. The van der Waals surface area contributed by atoms with Crippen LogP contribution in [0.5, 0.6) is 0 Å². The first-order valence-electron chi connectivity index (χ1n) is 9.74. The van der Waals surface area contributed by atoms with Crippen molar-refractivity contribution >= 4 is 57.9 Å². The fraction of sp³-hybridized carbons (Fsp3) is 0.238. The van der Waals surface area contributed by atoms with Crippen molar-refractivity contribution in [3.63, 3.8) is 0 Å². The van der Waals surface area contributed by atoms with E-state index in [1.54, 1.807) is 18.2 Å². The van der Waals surface area contributed by atoms with Crippen molar-refractivity contribution < 1.29 is 14.4 Å². The summed E-state index contributed by atoms with van der Waals surface area (Å²) in [6.07, 6.45) is 0.582. The highest BCUT2D eigenvalue weighted by Gasteiger charge is 2.39. The maximum atomic E-state index is 12.8. The molecule has 1 fully saturated rings. The number of carbonyl (C=O) groups is 3. The van der Waals surface area contributed by atoms with E-state index < -0.39 is 11.9 Å². The highest BCUT2D eigenvalue weighted by atomic mass is 35.5. The van der Waals surface area contributed by atoms with Crippen molar-refractivity contribution in [2.45, 2.75) is 32.0 Å². The van der Waals surface area contributed by atoms with Gasteiger partial charge in [0.1, 0.15) is 6.04 Å². The minimum absolute atomic E-state index is 0.185. The number of halogens is 2. The number of aromatic amines is 1. The van der Waals surface area contributed by atoms with E-state index in [0.29, 0.717) is 46.6 Å². The monoisotopic (exact) mass is 457 g/mol. The maximum Gasteiger partial charge on any atom is 0.255 e. The number of imide groups is 1. The predicted octanol–water partition coefficient (Wildman–Crippen LogP) is 3.24. The number of amides is 3. The van der Waals surface area contributed by atoms with Crippen LogP contribution in [-0.4, -0.2) is 38.6 Å². The molecule has 1 unspecified atom stereocenters. The summed E-state index contributed by atoms with van der Waals surface area (Å²) in [7, 11) is 0. The van der Waals surface area contributed by atoms with Crippen LogP contribution < -0.4 is 10.6 Å². The number of hydrogen-bond donors (Lipinski definition) is 3. The maximum absolute atomic E-state index is 12.8. The molecule has 3 aromatic rings. The summed E-state index contributed by atoms with van der Waals surface area (Å²) in [5.74, 6) is -0.316. The first-order valence-corrected chi connectivity index (χ1v) is 10.5. The van der Waals surface area contributed by atoms with Crippen LogP contribution in [0.15, 0.2) is 30.3 Å². The quantitative estimate of drug-likeness (QED) is 0.521.